The molecule has 2 aromatic carbocycles. The van der Waals surface area contributed by atoms with Crippen LogP contribution < -0.4 is 0 Å². The second-order valence-corrected chi connectivity index (χ2v) is 5.16. The summed E-state index contributed by atoms with van der Waals surface area (Å²) in [5, 5.41) is 11.8. The molecular weight excluding hydrogens is 258 g/mol. The predicted octanol–water partition coefficient (Wildman–Crippen LogP) is 4.20. The number of aromatic nitrogens is 2. The predicted molar refractivity (Wildman–Crippen MR) is 84.9 cm³/mol. The SMILES string of the molecule is Cn1c(C#N)c(-c2c[nH]c3ccccc23)c2ccccc21. The molecular formula is C18H13N3. The monoisotopic (exact) mass is 271 g/mol. The number of aromatic amines is 1. The lowest BCUT2D eigenvalue weighted by molar-refractivity contribution is 0.948. The lowest BCUT2D eigenvalue weighted by Gasteiger charge is -1.99. The van der Waals surface area contributed by atoms with Crippen LogP contribution in [0.4, 0.5) is 0 Å². The average molecular weight is 271 g/mol. The molecule has 0 aliphatic rings. The Labute approximate surface area is 122 Å². The molecule has 2 heterocycles. The molecule has 0 spiro atoms. The van der Waals surface area contributed by atoms with E-state index in [0.717, 1.165) is 32.9 Å². The van der Waals surface area contributed by atoms with E-state index in [1.807, 2.05) is 42.1 Å². The molecule has 0 saturated heterocycles. The summed E-state index contributed by atoms with van der Waals surface area (Å²) in [4.78, 5) is 3.29. The van der Waals surface area contributed by atoms with E-state index in [2.05, 4.69) is 35.3 Å². The summed E-state index contributed by atoms with van der Waals surface area (Å²) in [5.74, 6) is 0. The first-order valence-corrected chi connectivity index (χ1v) is 6.85. The molecule has 0 amide bonds. The third-order valence-electron chi connectivity index (χ3n) is 4.07. The fourth-order valence-corrected chi connectivity index (χ4v) is 3.08. The first-order chi connectivity index (χ1) is 10.3. The summed E-state index contributed by atoms with van der Waals surface area (Å²) in [5.41, 5.74) is 4.95. The summed E-state index contributed by atoms with van der Waals surface area (Å²) >= 11 is 0. The Bertz CT molecular complexity index is 1010. The number of nitrogens with one attached hydrogen (secondary N) is 1. The lowest BCUT2D eigenvalue weighted by Crippen LogP contribution is -1.91. The summed E-state index contributed by atoms with van der Waals surface area (Å²) in [6.07, 6.45) is 1.99. The van der Waals surface area contributed by atoms with Crippen LogP contribution in [0.25, 0.3) is 32.9 Å². The van der Waals surface area contributed by atoms with Gasteiger partial charge in [-0.3, -0.25) is 0 Å². The Morgan fingerprint density at radius 1 is 1.00 bits per heavy atom. The van der Waals surface area contributed by atoms with Gasteiger partial charge in [0, 0.05) is 46.2 Å². The second kappa shape index (κ2) is 4.26. The van der Waals surface area contributed by atoms with Gasteiger partial charge in [0.1, 0.15) is 11.8 Å². The zero-order chi connectivity index (χ0) is 14.4. The number of rotatable bonds is 1. The Morgan fingerprint density at radius 3 is 2.52 bits per heavy atom. The highest BCUT2D eigenvalue weighted by Crippen LogP contribution is 2.37. The number of fused-ring (bicyclic) bond motifs is 2. The maximum atomic E-state index is 9.59. The molecule has 100 valence electrons. The number of para-hydroxylation sites is 2. The molecule has 0 unspecified atom stereocenters. The third-order valence-corrected chi connectivity index (χ3v) is 4.07. The van der Waals surface area contributed by atoms with Crippen LogP contribution >= 0.6 is 0 Å². The molecule has 0 fully saturated rings. The standard InChI is InChI=1S/C18H13N3/c1-21-16-9-5-3-7-13(16)18(17(21)10-19)14-11-20-15-8-4-2-6-12(14)15/h2-9,11,20H,1H3. The molecule has 21 heavy (non-hydrogen) atoms. The normalized spacial score (nSPS) is 11.0. The average Bonchev–Trinajstić information content (AvgIpc) is 3.06. The van der Waals surface area contributed by atoms with Crippen LogP contribution in [0.15, 0.2) is 54.7 Å². The first kappa shape index (κ1) is 11.8. The first-order valence-electron chi connectivity index (χ1n) is 6.85. The van der Waals surface area contributed by atoms with Crippen molar-refractivity contribution in [2.24, 2.45) is 7.05 Å². The molecule has 0 aliphatic carbocycles. The van der Waals surface area contributed by atoms with Crippen molar-refractivity contribution in [1.29, 1.82) is 5.26 Å². The molecule has 0 saturated carbocycles. The summed E-state index contributed by atoms with van der Waals surface area (Å²) in [6, 6.07) is 18.7. The van der Waals surface area contributed by atoms with Crippen molar-refractivity contribution in [2.75, 3.05) is 0 Å². The minimum absolute atomic E-state index is 0.695. The Hall–Kier alpha value is -2.99. The number of aryl methyl sites for hydroxylation is 1. The molecule has 4 aromatic rings. The Balaban J connectivity index is 2.18. The van der Waals surface area contributed by atoms with Gasteiger partial charge in [0.2, 0.25) is 0 Å². The fraction of sp³-hybridized carbons (Fsp3) is 0.0556. The van der Waals surface area contributed by atoms with Gasteiger partial charge < -0.3 is 9.55 Å². The minimum atomic E-state index is 0.695. The molecule has 2 aromatic heterocycles. The van der Waals surface area contributed by atoms with Gasteiger partial charge in [-0.05, 0) is 12.1 Å². The summed E-state index contributed by atoms with van der Waals surface area (Å²) in [7, 11) is 1.94. The van der Waals surface area contributed by atoms with E-state index in [-0.39, 0.29) is 0 Å². The van der Waals surface area contributed by atoms with Crippen molar-refractivity contribution >= 4 is 21.8 Å². The Kier molecular flexibility index (Phi) is 2.39. The minimum Gasteiger partial charge on any atom is -0.361 e. The highest BCUT2D eigenvalue weighted by Gasteiger charge is 2.18. The van der Waals surface area contributed by atoms with E-state index < -0.39 is 0 Å². The smallest absolute Gasteiger partial charge is 0.129 e. The number of nitrogens with zero attached hydrogens (tertiary/aromatic N) is 2. The second-order valence-electron chi connectivity index (χ2n) is 5.16. The third kappa shape index (κ3) is 1.53. The number of hydrogen-bond acceptors (Lipinski definition) is 1. The molecule has 3 nitrogen and oxygen atoms in total. The van der Waals surface area contributed by atoms with Crippen LogP contribution in [-0.4, -0.2) is 9.55 Å². The van der Waals surface area contributed by atoms with E-state index >= 15 is 0 Å². The maximum Gasteiger partial charge on any atom is 0.129 e. The summed E-state index contributed by atoms with van der Waals surface area (Å²) in [6.45, 7) is 0. The lowest BCUT2D eigenvalue weighted by atomic mass is 10.0. The quantitative estimate of drug-likeness (QED) is 0.554. The van der Waals surface area contributed by atoms with Gasteiger partial charge in [-0.2, -0.15) is 5.26 Å². The van der Waals surface area contributed by atoms with Gasteiger partial charge in [0.25, 0.3) is 0 Å². The van der Waals surface area contributed by atoms with Crippen LogP contribution in [0.2, 0.25) is 0 Å². The zero-order valence-electron chi connectivity index (χ0n) is 11.6. The van der Waals surface area contributed by atoms with Crippen molar-refractivity contribution in [2.45, 2.75) is 0 Å². The maximum absolute atomic E-state index is 9.59. The van der Waals surface area contributed by atoms with Gasteiger partial charge in [0.15, 0.2) is 0 Å². The van der Waals surface area contributed by atoms with Crippen LogP contribution in [0, 0.1) is 11.3 Å². The van der Waals surface area contributed by atoms with Gasteiger partial charge in [-0.25, -0.2) is 0 Å². The largest absolute Gasteiger partial charge is 0.361 e. The number of nitriles is 1. The Morgan fingerprint density at radius 2 is 1.71 bits per heavy atom. The van der Waals surface area contributed by atoms with E-state index in [1.165, 1.54) is 0 Å². The number of H-pyrrole nitrogens is 1. The molecule has 1 N–H and O–H groups in total. The van der Waals surface area contributed by atoms with Gasteiger partial charge in [-0.15, -0.1) is 0 Å². The highest BCUT2D eigenvalue weighted by molar-refractivity contribution is 6.07. The molecule has 0 bridgehead atoms. The molecule has 0 aliphatic heterocycles. The van der Waals surface area contributed by atoms with Crippen molar-refractivity contribution < 1.29 is 0 Å². The summed E-state index contributed by atoms with van der Waals surface area (Å²) < 4.78 is 1.96. The van der Waals surface area contributed by atoms with Crippen LogP contribution in [-0.2, 0) is 7.05 Å². The highest BCUT2D eigenvalue weighted by atomic mass is 14.9. The molecule has 3 heteroatoms. The van der Waals surface area contributed by atoms with Crippen molar-refractivity contribution in [3.8, 4) is 17.2 Å². The van der Waals surface area contributed by atoms with Gasteiger partial charge in [-0.1, -0.05) is 36.4 Å². The van der Waals surface area contributed by atoms with Crippen molar-refractivity contribution in [3.63, 3.8) is 0 Å². The van der Waals surface area contributed by atoms with E-state index in [0.29, 0.717) is 5.69 Å². The van der Waals surface area contributed by atoms with E-state index in [1.54, 1.807) is 0 Å². The van der Waals surface area contributed by atoms with E-state index in [4.69, 9.17) is 0 Å². The number of hydrogen-bond donors (Lipinski definition) is 1. The van der Waals surface area contributed by atoms with E-state index in [9.17, 15) is 5.26 Å². The number of benzene rings is 2. The topological polar surface area (TPSA) is 44.5 Å². The fourth-order valence-electron chi connectivity index (χ4n) is 3.08. The van der Waals surface area contributed by atoms with Crippen LogP contribution in [0.1, 0.15) is 5.69 Å². The van der Waals surface area contributed by atoms with Gasteiger partial charge in [0.05, 0.1) is 0 Å². The van der Waals surface area contributed by atoms with Gasteiger partial charge >= 0.3 is 0 Å². The van der Waals surface area contributed by atoms with Crippen LogP contribution in [0.3, 0.4) is 0 Å². The van der Waals surface area contributed by atoms with Crippen LogP contribution in [0.5, 0.6) is 0 Å². The molecule has 0 atom stereocenters. The zero-order valence-corrected chi connectivity index (χ0v) is 11.6. The molecule has 0 radical (unpaired) electrons. The molecule has 4 rings (SSSR count). The van der Waals surface area contributed by atoms with Crippen molar-refractivity contribution in [1.82, 2.24) is 9.55 Å². The van der Waals surface area contributed by atoms with Crippen molar-refractivity contribution in [3.05, 3.63) is 60.4 Å².